The van der Waals surface area contributed by atoms with Gasteiger partial charge in [0.25, 0.3) is 17.4 Å². The third-order valence-corrected chi connectivity index (χ3v) is 4.55. The number of fused-ring (bicyclic) bond motifs is 1. The van der Waals surface area contributed by atoms with Crippen molar-refractivity contribution in [1.82, 2.24) is 9.88 Å². The summed E-state index contributed by atoms with van der Waals surface area (Å²) in [5.41, 5.74) is 7.07. The summed E-state index contributed by atoms with van der Waals surface area (Å²) in [5, 5.41) is 11.5. The number of carboxylic acid groups (broad SMARTS) is 1. The summed E-state index contributed by atoms with van der Waals surface area (Å²) in [4.78, 5) is 47.6. The van der Waals surface area contributed by atoms with E-state index in [1.807, 2.05) is 0 Å². The highest BCUT2D eigenvalue weighted by atomic mass is 16.4. The maximum Gasteiger partial charge on any atom is 0.336 e. The van der Waals surface area contributed by atoms with E-state index >= 15 is 0 Å². The molecule has 0 aliphatic carbocycles. The number of nitrogens with zero attached hydrogens (tertiary/aromatic N) is 1. The number of imide groups is 1. The number of hydrogen-bond donors (Lipinski definition) is 3. The molecule has 0 unspecified atom stereocenters. The summed E-state index contributed by atoms with van der Waals surface area (Å²) in [6, 6.07) is 14.1. The predicted octanol–water partition coefficient (Wildman–Crippen LogP) is 1.67. The van der Waals surface area contributed by atoms with Crippen LogP contribution in [0.5, 0.6) is 0 Å². The monoisotopic (exact) mass is 375 g/mol. The normalized spacial score (nSPS) is 12.6. The highest BCUT2D eigenvalue weighted by molar-refractivity contribution is 6.23. The smallest absolute Gasteiger partial charge is 0.336 e. The quantitative estimate of drug-likeness (QED) is 0.597. The zero-order valence-electron chi connectivity index (χ0n) is 14.3. The number of benzene rings is 2. The fourth-order valence-electron chi connectivity index (χ4n) is 3.26. The van der Waals surface area contributed by atoms with Crippen molar-refractivity contribution in [1.29, 1.82) is 0 Å². The van der Waals surface area contributed by atoms with Crippen LogP contribution in [0.3, 0.4) is 0 Å². The van der Waals surface area contributed by atoms with E-state index in [4.69, 9.17) is 5.73 Å². The van der Waals surface area contributed by atoms with Crippen LogP contribution in [0.25, 0.3) is 16.8 Å². The number of aromatic nitrogens is 1. The van der Waals surface area contributed by atoms with Gasteiger partial charge < -0.3 is 10.8 Å². The number of nitrogen functional groups attached to an aromatic ring is 1. The molecule has 138 valence electrons. The first-order valence-electron chi connectivity index (χ1n) is 8.23. The summed E-state index contributed by atoms with van der Waals surface area (Å²) in [5.74, 6) is -2.49. The van der Waals surface area contributed by atoms with Gasteiger partial charge in [0.2, 0.25) is 0 Å². The second-order valence-electron chi connectivity index (χ2n) is 6.17. The molecule has 8 nitrogen and oxygen atoms in total. The zero-order chi connectivity index (χ0) is 20.0. The molecule has 2 heterocycles. The number of carbonyl (C=O) groups is 3. The Morgan fingerprint density at radius 3 is 2.29 bits per heavy atom. The number of carboxylic acids is 1. The molecule has 0 saturated carbocycles. The molecular weight excluding hydrogens is 362 g/mol. The van der Waals surface area contributed by atoms with Crippen LogP contribution in [-0.4, -0.2) is 27.5 Å². The molecule has 8 heteroatoms. The molecule has 0 radical (unpaired) electrons. The average Bonchev–Trinajstić information content (AvgIpc) is 2.96. The fourth-order valence-corrected chi connectivity index (χ4v) is 3.26. The van der Waals surface area contributed by atoms with Crippen LogP contribution in [0.15, 0.2) is 59.4 Å². The number of pyridine rings is 1. The molecule has 1 aliphatic rings. The number of hydrogen-bond acceptors (Lipinski definition) is 5. The molecule has 1 aliphatic heterocycles. The van der Waals surface area contributed by atoms with E-state index in [2.05, 4.69) is 5.32 Å². The van der Waals surface area contributed by atoms with E-state index in [1.54, 1.807) is 42.5 Å². The largest absolute Gasteiger partial charge is 0.478 e. The molecule has 3 aromatic rings. The first-order chi connectivity index (χ1) is 13.4. The molecule has 0 spiro atoms. The second kappa shape index (κ2) is 6.20. The Bertz CT molecular complexity index is 1230. The van der Waals surface area contributed by atoms with E-state index < -0.39 is 23.3 Å². The first-order valence-corrected chi connectivity index (χ1v) is 8.23. The van der Waals surface area contributed by atoms with E-state index in [0.29, 0.717) is 16.8 Å². The van der Waals surface area contributed by atoms with Crippen molar-refractivity contribution in [3.8, 4) is 16.8 Å². The standard InChI is InChI=1S/C20H13N3O5/c21-17-16-14(18(25)22-19(16)26)9-15(24)23(17)11-7-5-10(6-8-11)12-3-1-2-4-13(12)20(27)28/h1-9H,21H2,(H,27,28)(H,22,25,26). The minimum Gasteiger partial charge on any atom is -0.478 e. The molecule has 28 heavy (non-hydrogen) atoms. The maximum absolute atomic E-state index is 12.5. The number of carbonyl (C=O) groups excluding carboxylic acids is 2. The van der Waals surface area contributed by atoms with Crippen LogP contribution >= 0.6 is 0 Å². The van der Waals surface area contributed by atoms with Gasteiger partial charge in [-0.15, -0.1) is 0 Å². The Morgan fingerprint density at radius 2 is 1.61 bits per heavy atom. The van der Waals surface area contributed by atoms with Crippen LogP contribution in [0.2, 0.25) is 0 Å². The van der Waals surface area contributed by atoms with Gasteiger partial charge in [-0.2, -0.15) is 0 Å². The summed E-state index contributed by atoms with van der Waals surface area (Å²) in [6.07, 6.45) is 0. The van der Waals surface area contributed by atoms with Gasteiger partial charge in [-0.25, -0.2) is 4.79 Å². The van der Waals surface area contributed by atoms with Crippen LogP contribution < -0.4 is 16.6 Å². The van der Waals surface area contributed by atoms with Crippen molar-refractivity contribution in [2.24, 2.45) is 0 Å². The van der Waals surface area contributed by atoms with E-state index in [1.165, 1.54) is 6.07 Å². The molecule has 2 amide bonds. The van der Waals surface area contributed by atoms with E-state index in [-0.39, 0.29) is 22.5 Å². The van der Waals surface area contributed by atoms with Crippen molar-refractivity contribution in [2.75, 3.05) is 5.73 Å². The van der Waals surface area contributed by atoms with Gasteiger partial charge in [0.15, 0.2) is 0 Å². The number of amides is 2. The first kappa shape index (κ1) is 17.2. The third kappa shape index (κ3) is 2.55. The molecule has 1 aromatic heterocycles. The zero-order valence-corrected chi connectivity index (χ0v) is 14.3. The van der Waals surface area contributed by atoms with Crippen molar-refractivity contribution < 1.29 is 19.5 Å². The Labute approximate surface area is 157 Å². The molecule has 4 N–H and O–H groups in total. The number of aromatic carboxylic acids is 1. The second-order valence-corrected chi connectivity index (χ2v) is 6.17. The molecule has 2 aromatic carbocycles. The van der Waals surface area contributed by atoms with Gasteiger partial charge in [0.1, 0.15) is 5.82 Å². The van der Waals surface area contributed by atoms with Crippen LogP contribution in [0, 0.1) is 0 Å². The SMILES string of the molecule is Nc1c2c(cc(=O)n1-c1ccc(-c3ccccc3C(=O)O)cc1)C(=O)NC2=O. The summed E-state index contributed by atoms with van der Waals surface area (Å²) in [6.45, 7) is 0. The molecule has 4 rings (SSSR count). The van der Waals surface area contributed by atoms with Gasteiger partial charge in [-0.05, 0) is 29.3 Å². The Kier molecular flexibility index (Phi) is 3.82. The van der Waals surface area contributed by atoms with Crippen LogP contribution in [0.1, 0.15) is 31.1 Å². The molecule has 0 saturated heterocycles. The van der Waals surface area contributed by atoms with Crippen LogP contribution in [-0.2, 0) is 0 Å². The van der Waals surface area contributed by atoms with Crippen molar-refractivity contribution >= 4 is 23.6 Å². The maximum atomic E-state index is 12.5. The van der Waals surface area contributed by atoms with Gasteiger partial charge in [-0.1, -0.05) is 30.3 Å². The lowest BCUT2D eigenvalue weighted by atomic mass is 9.99. The Morgan fingerprint density at radius 1 is 0.929 bits per heavy atom. The van der Waals surface area contributed by atoms with Gasteiger partial charge in [-0.3, -0.25) is 24.3 Å². The lowest BCUT2D eigenvalue weighted by molar-refractivity contribution is 0.0696. The molecule has 0 atom stereocenters. The lowest BCUT2D eigenvalue weighted by Crippen LogP contribution is -2.24. The molecule has 0 bridgehead atoms. The van der Waals surface area contributed by atoms with E-state index in [9.17, 15) is 24.3 Å². The minimum absolute atomic E-state index is 0.0371. The lowest BCUT2D eigenvalue weighted by Gasteiger charge is -2.13. The number of anilines is 1. The topological polar surface area (TPSA) is 131 Å². The summed E-state index contributed by atoms with van der Waals surface area (Å²) in [7, 11) is 0. The highest BCUT2D eigenvalue weighted by Crippen LogP contribution is 2.27. The summed E-state index contributed by atoms with van der Waals surface area (Å²) < 4.78 is 1.13. The highest BCUT2D eigenvalue weighted by Gasteiger charge is 2.31. The number of nitrogens with two attached hydrogens (primary N) is 1. The Hall–Kier alpha value is -4.20. The van der Waals surface area contributed by atoms with Crippen molar-refractivity contribution in [3.05, 3.63) is 81.6 Å². The number of rotatable bonds is 3. The minimum atomic E-state index is -1.05. The van der Waals surface area contributed by atoms with Crippen LogP contribution in [0.4, 0.5) is 5.82 Å². The van der Waals surface area contributed by atoms with Gasteiger partial charge in [0.05, 0.1) is 22.4 Å². The summed E-state index contributed by atoms with van der Waals surface area (Å²) >= 11 is 0. The average molecular weight is 375 g/mol. The van der Waals surface area contributed by atoms with E-state index in [0.717, 1.165) is 10.6 Å². The predicted molar refractivity (Wildman–Crippen MR) is 101 cm³/mol. The van der Waals surface area contributed by atoms with Crippen molar-refractivity contribution in [3.63, 3.8) is 0 Å². The fraction of sp³-hybridized carbons (Fsp3) is 0. The molecule has 0 fully saturated rings. The third-order valence-electron chi connectivity index (χ3n) is 4.55. The van der Waals surface area contributed by atoms with Crippen molar-refractivity contribution in [2.45, 2.75) is 0 Å². The van der Waals surface area contributed by atoms with Gasteiger partial charge in [0, 0.05) is 6.07 Å². The molecular formula is C20H13N3O5. The van der Waals surface area contributed by atoms with Gasteiger partial charge >= 0.3 is 5.97 Å². The Balaban J connectivity index is 1.83. The number of nitrogens with one attached hydrogen (secondary N) is 1.